The van der Waals surface area contributed by atoms with Crippen LogP contribution in [0.2, 0.25) is 0 Å². The molecule has 2 aromatic carbocycles. The Morgan fingerprint density at radius 1 is 1.00 bits per heavy atom. The van der Waals surface area contributed by atoms with Crippen molar-refractivity contribution in [3.8, 4) is 0 Å². The van der Waals surface area contributed by atoms with E-state index >= 15 is 0 Å². The van der Waals surface area contributed by atoms with Gasteiger partial charge in [-0.2, -0.15) is 0 Å². The number of benzene rings is 2. The van der Waals surface area contributed by atoms with Crippen LogP contribution in [0.15, 0.2) is 54.6 Å². The summed E-state index contributed by atoms with van der Waals surface area (Å²) in [5, 5.41) is 0. The van der Waals surface area contributed by atoms with Gasteiger partial charge in [-0.3, -0.25) is 9.69 Å². The van der Waals surface area contributed by atoms with Crippen molar-refractivity contribution < 1.29 is 4.79 Å². The molecule has 1 amide bonds. The van der Waals surface area contributed by atoms with E-state index in [1.807, 2.05) is 17.0 Å². The standard InChI is InChI=1S/C21H24N2O/c1-16(22-13-7-8-14-22)21(24)23-15-19(17-9-3-2-4-10-17)18-11-5-6-12-20(18)23/h2-6,9-12,16,19H,7-8,13-15H2,1H3. The van der Waals surface area contributed by atoms with Crippen LogP contribution in [0.1, 0.15) is 36.8 Å². The van der Waals surface area contributed by atoms with Gasteiger partial charge in [0, 0.05) is 18.2 Å². The van der Waals surface area contributed by atoms with Gasteiger partial charge in [0.1, 0.15) is 0 Å². The van der Waals surface area contributed by atoms with Crippen molar-refractivity contribution in [2.24, 2.45) is 0 Å². The van der Waals surface area contributed by atoms with Crippen LogP contribution in [-0.2, 0) is 4.79 Å². The summed E-state index contributed by atoms with van der Waals surface area (Å²) in [4.78, 5) is 17.5. The van der Waals surface area contributed by atoms with E-state index in [0.717, 1.165) is 25.3 Å². The number of hydrogen-bond donors (Lipinski definition) is 0. The molecular formula is C21H24N2O. The molecule has 2 aliphatic heterocycles. The van der Waals surface area contributed by atoms with Gasteiger partial charge in [-0.1, -0.05) is 48.5 Å². The second-order valence-corrected chi connectivity index (χ2v) is 6.89. The van der Waals surface area contributed by atoms with E-state index in [0.29, 0.717) is 0 Å². The number of rotatable bonds is 3. The van der Waals surface area contributed by atoms with Crippen LogP contribution in [0, 0.1) is 0 Å². The molecule has 2 heterocycles. The quantitative estimate of drug-likeness (QED) is 0.862. The molecule has 0 aromatic heterocycles. The van der Waals surface area contributed by atoms with E-state index in [1.54, 1.807) is 0 Å². The van der Waals surface area contributed by atoms with Gasteiger partial charge in [0.25, 0.3) is 0 Å². The normalized spacial score (nSPS) is 21.7. The lowest BCUT2D eigenvalue weighted by Crippen LogP contribution is -2.46. The van der Waals surface area contributed by atoms with Crippen molar-refractivity contribution in [1.82, 2.24) is 4.90 Å². The van der Waals surface area contributed by atoms with Gasteiger partial charge < -0.3 is 4.90 Å². The summed E-state index contributed by atoms with van der Waals surface area (Å²) in [6.07, 6.45) is 2.42. The third-order valence-electron chi connectivity index (χ3n) is 5.48. The minimum atomic E-state index is -0.0323. The highest BCUT2D eigenvalue weighted by Gasteiger charge is 2.36. The van der Waals surface area contributed by atoms with E-state index in [1.165, 1.54) is 24.0 Å². The molecule has 2 aliphatic rings. The van der Waals surface area contributed by atoms with Gasteiger partial charge in [0.05, 0.1) is 6.04 Å². The summed E-state index contributed by atoms with van der Waals surface area (Å²) in [6.45, 7) is 4.90. The molecule has 3 nitrogen and oxygen atoms in total. The summed E-state index contributed by atoms with van der Waals surface area (Å²) in [7, 11) is 0. The second-order valence-electron chi connectivity index (χ2n) is 6.89. The molecule has 0 N–H and O–H groups in total. The van der Waals surface area contributed by atoms with Gasteiger partial charge in [-0.05, 0) is 50.0 Å². The highest BCUT2D eigenvalue weighted by Crippen LogP contribution is 2.40. The van der Waals surface area contributed by atoms with Gasteiger partial charge in [-0.15, -0.1) is 0 Å². The number of likely N-dealkylation sites (tertiary alicyclic amines) is 1. The summed E-state index contributed by atoms with van der Waals surface area (Å²) >= 11 is 0. The molecule has 24 heavy (non-hydrogen) atoms. The smallest absolute Gasteiger partial charge is 0.244 e. The molecule has 2 aromatic rings. The Morgan fingerprint density at radius 3 is 2.42 bits per heavy atom. The number of carbonyl (C=O) groups excluding carboxylic acids is 1. The summed E-state index contributed by atoms with van der Waals surface area (Å²) in [5.41, 5.74) is 3.64. The molecule has 0 spiro atoms. The molecule has 2 atom stereocenters. The Kier molecular flexibility index (Phi) is 4.11. The third-order valence-corrected chi connectivity index (χ3v) is 5.48. The van der Waals surface area contributed by atoms with Crippen LogP contribution < -0.4 is 4.90 Å². The number of nitrogens with zero attached hydrogens (tertiary/aromatic N) is 2. The van der Waals surface area contributed by atoms with Crippen LogP contribution in [-0.4, -0.2) is 36.5 Å². The van der Waals surface area contributed by atoms with Crippen molar-refractivity contribution in [2.75, 3.05) is 24.5 Å². The zero-order valence-electron chi connectivity index (χ0n) is 14.2. The Morgan fingerprint density at radius 2 is 1.67 bits per heavy atom. The minimum Gasteiger partial charge on any atom is -0.310 e. The predicted molar refractivity (Wildman–Crippen MR) is 97.3 cm³/mol. The maximum Gasteiger partial charge on any atom is 0.244 e. The molecule has 0 saturated carbocycles. The number of amides is 1. The molecular weight excluding hydrogens is 296 g/mol. The first-order valence-corrected chi connectivity index (χ1v) is 8.95. The monoisotopic (exact) mass is 320 g/mol. The Balaban J connectivity index is 1.64. The number of anilines is 1. The summed E-state index contributed by atoms with van der Waals surface area (Å²) < 4.78 is 0. The van der Waals surface area contributed by atoms with Gasteiger partial charge in [0.2, 0.25) is 5.91 Å². The number of para-hydroxylation sites is 1. The minimum absolute atomic E-state index is 0.0323. The first-order chi connectivity index (χ1) is 11.8. The van der Waals surface area contributed by atoms with E-state index in [-0.39, 0.29) is 17.9 Å². The average Bonchev–Trinajstić information content (AvgIpc) is 3.29. The van der Waals surface area contributed by atoms with Gasteiger partial charge in [0.15, 0.2) is 0 Å². The van der Waals surface area contributed by atoms with E-state index in [9.17, 15) is 4.79 Å². The molecule has 1 fully saturated rings. The van der Waals surface area contributed by atoms with Crippen molar-refractivity contribution in [2.45, 2.75) is 31.7 Å². The van der Waals surface area contributed by atoms with Crippen LogP contribution in [0.5, 0.6) is 0 Å². The molecule has 1 saturated heterocycles. The van der Waals surface area contributed by atoms with Crippen LogP contribution >= 0.6 is 0 Å². The number of carbonyl (C=O) groups is 1. The molecule has 0 bridgehead atoms. The predicted octanol–water partition coefficient (Wildman–Crippen LogP) is 3.65. The van der Waals surface area contributed by atoms with E-state index < -0.39 is 0 Å². The molecule has 0 radical (unpaired) electrons. The molecule has 4 rings (SSSR count). The van der Waals surface area contributed by atoms with Crippen LogP contribution in [0.25, 0.3) is 0 Å². The fraction of sp³-hybridized carbons (Fsp3) is 0.381. The van der Waals surface area contributed by atoms with E-state index in [2.05, 4.69) is 54.3 Å². The number of fused-ring (bicyclic) bond motifs is 1. The maximum atomic E-state index is 13.2. The topological polar surface area (TPSA) is 23.6 Å². The van der Waals surface area contributed by atoms with Gasteiger partial charge in [-0.25, -0.2) is 0 Å². The van der Waals surface area contributed by atoms with Crippen molar-refractivity contribution in [3.63, 3.8) is 0 Å². The zero-order chi connectivity index (χ0) is 16.5. The molecule has 124 valence electrons. The first kappa shape index (κ1) is 15.4. The van der Waals surface area contributed by atoms with Crippen molar-refractivity contribution in [3.05, 3.63) is 65.7 Å². The average molecular weight is 320 g/mol. The lowest BCUT2D eigenvalue weighted by Gasteiger charge is -2.28. The lowest BCUT2D eigenvalue weighted by atomic mass is 9.93. The van der Waals surface area contributed by atoms with Gasteiger partial charge >= 0.3 is 0 Å². The van der Waals surface area contributed by atoms with Crippen LogP contribution in [0.3, 0.4) is 0 Å². The van der Waals surface area contributed by atoms with Crippen molar-refractivity contribution in [1.29, 1.82) is 0 Å². The fourth-order valence-electron chi connectivity index (χ4n) is 4.10. The third kappa shape index (κ3) is 2.63. The molecule has 3 heteroatoms. The highest BCUT2D eigenvalue weighted by molar-refractivity contribution is 5.99. The Labute approximate surface area is 143 Å². The second kappa shape index (κ2) is 6.40. The summed E-state index contributed by atoms with van der Waals surface area (Å²) in [6, 6.07) is 18.9. The first-order valence-electron chi connectivity index (χ1n) is 8.95. The molecule has 2 unspecified atom stereocenters. The SMILES string of the molecule is CC(C(=O)N1CC(c2ccccc2)c2ccccc21)N1CCCC1. The maximum absolute atomic E-state index is 13.2. The summed E-state index contributed by atoms with van der Waals surface area (Å²) in [5.74, 6) is 0.514. The molecule has 0 aliphatic carbocycles. The lowest BCUT2D eigenvalue weighted by molar-refractivity contribution is -0.122. The Bertz CT molecular complexity index is 722. The highest BCUT2D eigenvalue weighted by atomic mass is 16.2. The zero-order valence-corrected chi connectivity index (χ0v) is 14.2. The number of hydrogen-bond acceptors (Lipinski definition) is 2. The fourth-order valence-corrected chi connectivity index (χ4v) is 4.10. The van der Waals surface area contributed by atoms with E-state index in [4.69, 9.17) is 0 Å². The van der Waals surface area contributed by atoms with Crippen LogP contribution in [0.4, 0.5) is 5.69 Å². The largest absolute Gasteiger partial charge is 0.310 e. The van der Waals surface area contributed by atoms with Crippen molar-refractivity contribution >= 4 is 11.6 Å². The Hall–Kier alpha value is -2.13.